The molecule has 32 heavy (non-hydrogen) atoms. The molecular weight excluding hydrogens is 424 g/mol. The Bertz CT molecular complexity index is 1160. The van der Waals surface area contributed by atoms with Crippen molar-refractivity contribution in [2.24, 2.45) is 0 Å². The van der Waals surface area contributed by atoms with Crippen LogP contribution < -0.4 is 14.4 Å². The van der Waals surface area contributed by atoms with Gasteiger partial charge in [-0.1, -0.05) is 48.0 Å². The first-order chi connectivity index (χ1) is 15.4. The number of carbonyl (C=O) groups excluding carboxylic acids is 1. The summed E-state index contributed by atoms with van der Waals surface area (Å²) in [6.07, 6.45) is 2.04. The Balaban J connectivity index is 1.56. The number of nitrogens with one attached hydrogen (secondary N) is 1. The Kier molecular flexibility index (Phi) is 6.46. The normalized spacial score (nSPS) is 13.4. The van der Waals surface area contributed by atoms with Gasteiger partial charge >= 0.3 is 0 Å². The highest BCUT2D eigenvalue weighted by molar-refractivity contribution is 7.92. The monoisotopic (exact) mass is 450 g/mol. The molecule has 1 saturated carbocycles. The van der Waals surface area contributed by atoms with Crippen LogP contribution in [0.25, 0.3) is 0 Å². The molecule has 0 saturated heterocycles. The largest absolute Gasteiger partial charge is 0.484 e. The number of carbonyl (C=O) groups is 1. The molecule has 1 fully saturated rings. The predicted molar refractivity (Wildman–Crippen MR) is 124 cm³/mol. The van der Waals surface area contributed by atoms with Gasteiger partial charge in [0.25, 0.3) is 15.9 Å². The number of hydrogen-bond acceptors (Lipinski definition) is 4. The summed E-state index contributed by atoms with van der Waals surface area (Å²) in [5.41, 5.74) is 2.38. The van der Waals surface area contributed by atoms with Crippen molar-refractivity contribution in [1.29, 1.82) is 0 Å². The van der Waals surface area contributed by atoms with Gasteiger partial charge in [0.15, 0.2) is 6.61 Å². The summed E-state index contributed by atoms with van der Waals surface area (Å²) in [4.78, 5) is 12.1. The molecule has 0 unspecified atom stereocenters. The lowest BCUT2D eigenvalue weighted by Crippen LogP contribution is -2.31. The molecule has 1 amide bonds. The summed E-state index contributed by atoms with van der Waals surface area (Å²) in [5, 5.41) is 2.87. The average Bonchev–Trinajstić information content (AvgIpc) is 3.61. The Hall–Kier alpha value is -3.32. The van der Waals surface area contributed by atoms with Gasteiger partial charge in [-0.3, -0.25) is 9.10 Å². The van der Waals surface area contributed by atoms with E-state index < -0.39 is 10.0 Å². The molecular formula is C25H26N2O4S. The summed E-state index contributed by atoms with van der Waals surface area (Å²) in [6.45, 7) is 2.05. The van der Waals surface area contributed by atoms with Gasteiger partial charge in [-0.25, -0.2) is 8.42 Å². The summed E-state index contributed by atoms with van der Waals surface area (Å²) in [5.74, 6) is 0.358. The van der Waals surface area contributed by atoms with E-state index in [1.807, 2.05) is 37.3 Å². The number of benzene rings is 3. The van der Waals surface area contributed by atoms with Crippen molar-refractivity contribution in [2.45, 2.75) is 37.2 Å². The van der Waals surface area contributed by atoms with E-state index in [1.165, 1.54) is 4.31 Å². The maximum atomic E-state index is 13.5. The van der Waals surface area contributed by atoms with Gasteiger partial charge in [-0.05, 0) is 61.7 Å². The SMILES string of the molecule is Cc1ccc(S(=O)(=O)N(Cc2ccccc2)c2ccc(OCC(=O)NC3CC3)cc2)cc1. The van der Waals surface area contributed by atoms with E-state index in [9.17, 15) is 13.2 Å². The van der Waals surface area contributed by atoms with Crippen LogP contribution >= 0.6 is 0 Å². The van der Waals surface area contributed by atoms with Crippen molar-refractivity contribution in [1.82, 2.24) is 5.32 Å². The van der Waals surface area contributed by atoms with Crippen molar-refractivity contribution >= 4 is 21.6 Å². The molecule has 0 heterocycles. The van der Waals surface area contributed by atoms with Crippen molar-refractivity contribution in [2.75, 3.05) is 10.9 Å². The van der Waals surface area contributed by atoms with Crippen LogP contribution in [0.5, 0.6) is 5.75 Å². The van der Waals surface area contributed by atoms with Crippen molar-refractivity contribution < 1.29 is 17.9 Å². The Morgan fingerprint density at radius 1 is 0.969 bits per heavy atom. The van der Waals surface area contributed by atoms with Crippen LogP contribution in [0.1, 0.15) is 24.0 Å². The topological polar surface area (TPSA) is 75.7 Å². The molecule has 1 N–H and O–H groups in total. The number of amides is 1. The van der Waals surface area contributed by atoms with E-state index in [2.05, 4.69) is 5.32 Å². The van der Waals surface area contributed by atoms with Gasteiger partial charge in [-0.2, -0.15) is 0 Å². The summed E-state index contributed by atoms with van der Waals surface area (Å²) < 4.78 is 33.9. The van der Waals surface area contributed by atoms with E-state index in [0.29, 0.717) is 11.4 Å². The van der Waals surface area contributed by atoms with E-state index in [0.717, 1.165) is 24.0 Å². The average molecular weight is 451 g/mol. The minimum absolute atomic E-state index is 0.0642. The van der Waals surface area contributed by atoms with Crippen molar-refractivity contribution in [3.63, 3.8) is 0 Å². The molecule has 7 heteroatoms. The van der Waals surface area contributed by atoms with Gasteiger partial charge in [0.1, 0.15) is 5.75 Å². The maximum absolute atomic E-state index is 13.5. The first kappa shape index (κ1) is 21.9. The van der Waals surface area contributed by atoms with Crippen molar-refractivity contribution in [3.8, 4) is 5.75 Å². The first-order valence-electron chi connectivity index (χ1n) is 10.6. The summed E-state index contributed by atoms with van der Waals surface area (Å²) in [7, 11) is -3.79. The molecule has 1 aliphatic carbocycles. The molecule has 1 aliphatic rings. The molecule has 166 valence electrons. The summed E-state index contributed by atoms with van der Waals surface area (Å²) >= 11 is 0. The van der Waals surface area contributed by atoms with Crippen molar-refractivity contribution in [3.05, 3.63) is 90.0 Å². The fourth-order valence-corrected chi connectivity index (χ4v) is 4.71. The lowest BCUT2D eigenvalue weighted by atomic mass is 10.2. The molecule has 3 aromatic rings. The number of anilines is 1. The van der Waals surface area contributed by atoms with Gasteiger partial charge in [0.2, 0.25) is 0 Å². The van der Waals surface area contributed by atoms with Gasteiger partial charge in [0.05, 0.1) is 17.1 Å². The fraction of sp³-hybridized carbons (Fsp3) is 0.240. The standard InChI is InChI=1S/C25H26N2O4S/c1-19-7-15-24(16-8-19)32(29,30)27(17-20-5-3-2-4-6-20)22-11-13-23(14-12-22)31-18-25(28)26-21-9-10-21/h2-8,11-16,21H,9-10,17-18H2,1H3,(H,26,28). The molecule has 0 atom stereocenters. The third-order valence-electron chi connectivity index (χ3n) is 5.22. The zero-order valence-electron chi connectivity index (χ0n) is 17.9. The Labute approximate surface area is 188 Å². The quantitative estimate of drug-likeness (QED) is 0.534. The highest BCUT2D eigenvalue weighted by Crippen LogP contribution is 2.28. The third-order valence-corrected chi connectivity index (χ3v) is 7.00. The maximum Gasteiger partial charge on any atom is 0.264 e. The fourth-order valence-electron chi connectivity index (χ4n) is 3.26. The molecule has 0 aliphatic heterocycles. The first-order valence-corrected chi connectivity index (χ1v) is 12.0. The van der Waals surface area contributed by atoms with E-state index in [-0.39, 0.29) is 30.0 Å². The van der Waals surface area contributed by atoms with E-state index in [4.69, 9.17) is 4.74 Å². The third kappa shape index (κ3) is 5.48. The van der Waals surface area contributed by atoms with Gasteiger partial charge < -0.3 is 10.1 Å². The number of ether oxygens (including phenoxy) is 1. The lowest BCUT2D eigenvalue weighted by Gasteiger charge is -2.25. The Morgan fingerprint density at radius 2 is 1.62 bits per heavy atom. The number of aryl methyl sites for hydroxylation is 1. The van der Waals surface area contributed by atoms with E-state index in [1.54, 1.807) is 48.5 Å². The lowest BCUT2D eigenvalue weighted by molar-refractivity contribution is -0.123. The number of nitrogens with zero attached hydrogens (tertiary/aromatic N) is 1. The van der Waals surface area contributed by atoms with Gasteiger partial charge in [0, 0.05) is 6.04 Å². The van der Waals surface area contributed by atoms with Crippen LogP contribution in [0.4, 0.5) is 5.69 Å². The smallest absolute Gasteiger partial charge is 0.264 e. The highest BCUT2D eigenvalue weighted by Gasteiger charge is 2.26. The van der Waals surface area contributed by atoms with Crippen LogP contribution in [0.15, 0.2) is 83.8 Å². The van der Waals surface area contributed by atoms with Crippen LogP contribution in [0.2, 0.25) is 0 Å². The second-order valence-corrected chi connectivity index (χ2v) is 9.80. The molecule has 0 bridgehead atoms. The molecule has 4 rings (SSSR count). The zero-order chi connectivity index (χ0) is 22.6. The van der Waals surface area contributed by atoms with Gasteiger partial charge in [-0.15, -0.1) is 0 Å². The molecule has 3 aromatic carbocycles. The molecule has 0 radical (unpaired) electrons. The van der Waals surface area contributed by atoms with E-state index >= 15 is 0 Å². The van der Waals surface area contributed by atoms with Crippen LogP contribution in [0, 0.1) is 6.92 Å². The number of rotatable bonds is 9. The predicted octanol–water partition coefficient (Wildman–Crippen LogP) is 4.05. The highest BCUT2D eigenvalue weighted by atomic mass is 32.2. The summed E-state index contributed by atoms with van der Waals surface area (Å²) in [6, 6.07) is 23.3. The second-order valence-electron chi connectivity index (χ2n) is 7.93. The van der Waals surface area contributed by atoms with Crippen LogP contribution in [-0.2, 0) is 21.4 Å². The molecule has 0 spiro atoms. The Morgan fingerprint density at radius 3 is 2.25 bits per heavy atom. The zero-order valence-corrected chi connectivity index (χ0v) is 18.7. The number of hydrogen-bond donors (Lipinski definition) is 1. The number of sulfonamides is 1. The second kappa shape index (κ2) is 9.44. The van der Waals surface area contributed by atoms with Crippen LogP contribution in [-0.4, -0.2) is 27.0 Å². The minimum Gasteiger partial charge on any atom is -0.484 e. The minimum atomic E-state index is -3.79. The van der Waals surface area contributed by atoms with Crippen LogP contribution in [0.3, 0.4) is 0 Å². The molecule has 6 nitrogen and oxygen atoms in total. The molecule has 0 aromatic heterocycles.